The van der Waals surface area contributed by atoms with E-state index in [-0.39, 0.29) is 6.10 Å². The first-order valence-corrected chi connectivity index (χ1v) is 7.70. The van der Waals surface area contributed by atoms with Gasteiger partial charge in [-0.2, -0.15) is 0 Å². The second-order valence-electron chi connectivity index (χ2n) is 5.89. The molecule has 1 rings (SSSR count). The molecule has 1 aliphatic carbocycles. The second-order valence-corrected chi connectivity index (χ2v) is 5.89. The summed E-state index contributed by atoms with van der Waals surface area (Å²) in [7, 11) is 0. The molecule has 0 aromatic heterocycles. The maximum Gasteiger partial charge on any atom is 0.0897 e. The van der Waals surface area contributed by atoms with E-state index in [4.69, 9.17) is 9.47 Å². The first kappa shape index (κ1) is 16.9. The molecule has 4 nitrogen and oxygen atoms in total. The molecule has 0 amide bonds. The molecule has 0 radical (unpaired) electrons. The lowest BCUT2D eigenvalue weighted by Gasteiger charge is -2.22. The maximum atomic E-state index is 9.82. The topological polar surface area (TPSA) is 50.7 Å². The highest BCUT2D eigenvalue weighted by atomic mass is 16.5. The van der Waals surface area contributed by atoms with Crippen molar-refractivity contribution in [3.63, 3.8) is 0 Å². The monoisotopic (exact) mass is 273 g/mol. The Morgan fingerprint density at radius 3 is 2.47 bits per heavy atom. The average Bonchev–Trinajstić information content (AvgIpc) is 2.89. The predicted octanol–water partition coefficient (Wildman–Crippen LogP) is 1.96. The van der Waals surface area contributed by atoms with Crippen LogP contribution in [-0.2, 0) is 9.47 Å². The highest BCUT2D eigenvalue weighted by molar-refractivity contribution is 4.78. The Balaban J connectivity index is 1.96. The minimum atomic E-state index is -0.428. The summed E-state index contributed by atoms with van der Waals surface area (Å²) in [5, 5.41) is 13.2. The van der Waals surface area contributed by atoms with Crippen molar-refractivity contribution in [1.29, 1.82) is 0 Å². The molecule has 0 spiro atoms. The van der Waals surface area contributed by atoms with Crippen LogP contribution in [0.3, 0.4) is 0 Å². The lowest BCUT2D eigenvalue weighted by molar-refractivity contribution is -0.0107. The Hall–Kier alpha value is -0.160. The van der Waals surface area contributed by atoms with Gasteiger partial charge in [-0.25, -0.2) is 0 Å². The fourth-order valence-corrected chi connectivity index (χ4v) is 2.57. The Labute approximate surface area is 117 Å². The van der Waals surface area contributed by atoms with Crippen molar-refractivity contribution in [2.24, 2.45) is 5.92 Å². The standard InChI is InChI=1S/C15H31NO3/c1-12(2)19-9-8-18-11-15(17)10-16-13(3)14-6-4-5-7-14/h12-17H,4-11H2,1-3H3/t13-,15?/m1/s1. The molecule has 114 valence electrons. The lowest BCUT2D eigenvalue weighted by Crippen LogP contribution is -2.39. The van der Waals surface area contributed by atoms with Crippen LogP contribution in [0.1, 0.15) is 46.5 Å². The lowest BCUT2D eigenvalue weighted by atomic mass is 10.00. The van der Waals surface area contributed by atoms with E-state index in [0.717, 1.165) is 5.92 Å². The van der Waals surface area contributed by atoms with Gasteiger partial charge in [0.05, 0.1) is 32.0 Å². The van der Waals surface area contributed by atoms with Crippen LogP contribution in [0, 0.1) is 5.92 Å². The Morgan fingerprint density at radius 2 is 1.84 bits per heavy atom. The van der Waals surface area contributed by atoms with Crippen LogP contribution in [0.25, 0.3) is 0 Å². The summed E-state index contributed by atoms with van der Waals surface area (Å²) in [5.41, 5.74) is 0. The number of aliphatic hydroxyl groups excluding tert-OH is 1. The zero-order chi connectivity index (χ0) is 14.1. The zero-order valence-corrected chi connectivity index (χ0v) is 12.7. The Bertz CT molecular complexity index is 217. The summed E-state index contributed by atoms with van der Waals surface area (Å²) in [5.74, 6) is 0.785. The van der Waals surface area contributed by atoms with Crippen LogP contribution in [0.4, 0.5) is 0 Å². The number of hydrogen-bond acceptors (Lipinski definition) is 4. The van der Waals surface area contributed by atoms with Crippen molar-refractivity contribution < 1.29 is 14.6 Å². The number of rotatable bonds is 10. The first-order valence-electron chi connectivity index (χ1n) is 7.70. The third kappa shape index (κ3) is 7.88. The Morgan fingerprint density at radius 1 is 1.16 bits per heavy atom. The molecule has 4 heteroatoms. The quantitative estimate of drug-likeness (QED) is 0.597. The van der Waals surface area contributed by atoms with Crippen LogP contribution >= 0.6 is 0 Å². The largest absolute Gasteiger partial charge is 0.389 e. The van der Waals surface area contributed by atoms with E-state index in [1.807, 2.05) is 13.8 Å². The molecule has 2 N–H and O–H groups in total. The smallest absolute Gasteiger partial charge is 0.0897 e. The van der Waals surface area contributed by atoms with Crippen molar-refractivity contribution in [3.8, 4) is 0 Å². The fourth-order valence-electron chi connectivity index (χ4n) is 2.57. The van der Waals surface area contributed by atoms with Gasteiger partial charge in [-0.1, -0.05) is 12.8 Å². The summed E-state index contributed by atoms with van der Waals surface area (Å²) < 4.78 is 10.8. The molecule has 1 unspecified atom stereocenters. The van der Waals surface area contributed by atoms with E-state index >= 15 is 0 Å². The normalized spacial score (nSPS) is 20.1. The SMILES string of the molecule is CC(C)OCCOCC(O)CN[C@H](C)C1CCCC1. The number of aliphatic hydroxyl groups is 1. The molecule has 1 fully saturated rings. The van der Waals surface area contributed by atoms with Crippen LogP contribution in [0.2, 0.25) is 0 Å². The third-order valence-electron chi connectivity index (χ3n) is 3.77. The van der Waals surface area contributed by atoms with Crippen molar-refractivity contribution >= 4 is 0 Å². The maximum absolute atomic E-state index is 9.82. The van der Waals surface area contributed by atoms with Crippen LogP contribution in [0.15, 0.2) is 0 Å². The summed E-state index contributed by atoms with van der Waals surface area (Å²) in [6.07, 6.45) is 5.18. The highest BCUT2D eigenvalue weighted by Crippen LogP contribution is 2.27. The molecule has 0 heterocycles. The van der Waals surface area contributed by atoms with Gasteiger partial charge in [-0.15, -0.1) is 0 Å². The molecule has 0 aliphatic heterocycles. The number of ether oxygens (including phenoxy) is 2. The summed E-state index contributed by atoms with van der Waals surface area (Å²) in [4.78, 5) is 0. The van der Waals surface area contributed by atoms with E-state index in [2.05, 4.69) is 12.2 Å². The molecule has 0 aromatic carbocycles. The van der Waals surface area contributed by atoms with Gasteiger partial charge in [0.1, 0.15) is 0 Å². The molecular weight excluding hydrogens is 242 g/mol. The van der Waals surface area contributed by atoms with Crippen LogP contribution in [-0.4, -0.2) is 49.7 Å². The first-order chi connectivity index (χ1) is 9.09. The molecular formula is C15H31NO3. The molecule has 1 saturated carbocycles. The summed E-state index contributed by atoms with van der Waals surface area (Å²) in [6.45, 7) is 8.37. The molecule has 0 aromatic rings. The van der Waals surface area contributed by atoms with Gasteiger partial charge >= 0.3 is 0 Å². The number of hydrogen-bond donors (Lipinski definition) is 2. The van der Waals surface area contributed by atoms with Gasteiger partial charge < -0.3 is 19.9 Å². The van der Waals surface area contributed by atoms with E-state index in [1.54, 1.807) is 0 Å². The summed E-state index contributed by atoms with van der Waals surface area (Å²) in [6, 6.07) is 0.501. The van der Waals surface area contributed by atoms with E-state index in [1.165, 1.54) is 25.7 Å². The van der Waals surface area contributed by atoms with E-state index < -0.39 is 6.10 Å². The molecule has 0 saturated heterocycles. The highest BCUT2D eigenvalue weighted by Gasteiger charge is 2.21. The number of nitrogens with one attached hydrogen (secondary N) is 1. The van der Waals surface area contributed by atoms with Gasteiger partial charge in [-0.3, -0.25) is 0 Å². The minimum Gasteiger partial charge on any atom is -0.389 e. The van der Waals surface area contributed by atoms with Gasteiger partial charge in [0.25, 0.3) is 0 Å². The average molecular weight is 273 g/mol. The van der Waals surface area contributed by atoms with Crippen molar-refractivity contribution in [2.75, 3.05) is 26.4 Å². The van der Waals surface area contributed by atoms with Gasteiger partial charge in [0.15, 0.2) is 0 Å². The molecule has 1 aliphatic rings. The summed E-state index contributed by atoms with van der Waals surface area (Å²) >= 11 is 0. The second kappa shape index (κ2) is 9.70. The van der Waals surface area contributed by atoms with Crippen LogP contribution < -0.4 is 5.32 Å². The van der Waals surface area contributed by atoms with Gasteiger partial charge in [0, 0.05) is 12.6 Å². The molecule has 2 atom stereocenters. The van der Waals surface area contributed by atoms with Gasteiger partial charge in [0.2, 0.25) is 0 Å². The van der Waals surface area contributed by atoms with Gasteiger partial charge in [-0.05, 0) is 39.5 Å². The minimum absolute atomic E-state index is 0.238. The fraction of sp³-hybridized carbons (Fsp3) is 1.00. The van der Waals surface area contributed by atoms with E-state index in [9.17, 15) is 5.11 Å². The van der Waals surface area contributed by atoms with Crippen molar-refractivity contribution in [1.82, 2.24) is 5.32 Å². The van der Waals surface area contributed by atoms with E-state index in [0.29, 0.717) is 32.4 Å². The molecule has 19 heavy (non-hydrogen) atoms. The third-order valence-corrected chi connectivity index (χ3v) is 3.77. The predicted molar refractivity (Wildman–Crippen MR) is 77.3 cm³/mol. The van der Waals surface area contributed by atoms with Crippen LogP contribution in [0.5, 0.6) is 0 Å². The van der Waals surface area contributed by atoms with Crippen molar-refractivity contribution in [2.45, 2.75) is 64.7 Å². The zero-order valence-electron chi connectivity index (χ0n) is 12.7. The Kier molecular flexibility index (Phi) is 8.62. The van der Waals surface area contributed by atoms with Crippen molar-refractivity contribution in [3.05, 3.63) is 0 Å². The molecule has 0 bridgehead atoms.